The van der Waals surface area contributed by atoms with Gasteiger partial charge in [0.1, 0.15) is 0 Å². The Hall–Kier alpha value is -0.690. The predicted octanol–water partition coefficient (Wildman–Crippen LogP) is 0.383. The van der Waals surface area contributed by atoms with Gasteiger partial charge in [-0.15, -0.1) is 0 Å². The molecule has 1 aromatic rings. The second kappa shape index (κ2) is 5.41. The lowest BCUT2D eigenvalue weighted by Crippen LogP contribution is -2.33. The molecular formula is C8H12N4OS2. The Morgan fingerprint density at radius 1 is 1.67 bits per heavy atom. The average Bonchev–Trinajstić information content (AvgIpc) is 2.81. The van der Waals surface area contributed by atoms with E-state index in [1.165, 1.54) is 17.7 Å². The van der Waals surface area contributed by atoms with E-state index in [0.717, 1.165) is 5.75 Å². The molecule has 0 spiro atoms. The lowest BCUT2D eigenvalue weighted by atomic mass is 10.4. The van der Waals surface area contributed by atoms with Crippen LogP contribution in [0.4, 0.5) is 0 Å². The van der Waals surface area contributed by atoms with E-state index in [1.807, 2.05) is 23.5 Å². The number of thioether (sulfide) groups is 2. The summed E-state index contributed by atoms with van der Waals surface area (Å²) in [5, 5.41) is 13.1. The topological polar surface area (TPSA) is 70.7 Å². The smallest absolute Gasteiger partial charge is 0.273 e. The molecule has 0 aromatic carbocycles. The van der Waals surface area contributed by atoms with E-state index >= 15 is 0 Å². The Kier molecular flexibility index (Phi) is 3.90. The molecule has 82 valence electrons. The van der Waals surface area contributed by atoms with Gasteiger partial charge in [-0.3, -0.25) is 4.79 Å². The lowest BCUT2D eigenvalue weighted by Gasteiger charge is -2.20. The van der Waals surface area contributed by atoms with Crippen LogP contribution in [-0.4, -0.2) is 50.4 Å². The van der Waals surface area contributed by atoms with E-state index in [0.29, 0.717) is 17.5 Å². The number of amides is 1. The summed E-state index contributed by atoms with van der Waals surface area (Å²) in [4.78, 5) is 11.5. The highest BCUT2D eigenvalue weighted by molar-refractivity contribution is 8.06. The lowest BCUT2D eigenvalue weighted by molar-refractivity contribution is 0.0949. The molecule has 2 rings (SSSR count). The molecule has 1 aliphatic rings. The van der Waals surface area contributed by atoms with Gasteiger partial charge in [-0.1, -0.05) is 0 Å². The van der Waals surface area contributed by atoms with Gasteiger partial charge in [0.2, 0.25) is 0 Å². The number of aromatic nitrogens is 3. The summed E-state index contributed by atoms with van der Waals surface area (Å²) in [6, 6.07) is 0. The number of rotatable bonds is 3. The summed E-state index contributed by atoms with van der Waals surface area (Å²) >= 11 is 3.87. The first kappa shape index (κ1) is 10.8. The Balaban J connectivity index is 1.75. The molecule has 2 heterocycles. The first-order valence-corrected chi connectivity index (χ1v) is 6.90. The standard InChI is InChI=1S/C8H12N4OS2/c13-8(7-4-10-12-11-7)9-3-6-5-14-1-2-15-6/h4,6H,1-3,5H2,(H,9,13)(H,10,11,12). The zero-order chi connectivity index (χ0) is 10.5. The van der Waals surface area contributed by atoms with E-state index in [-0.39, 0.29) is 5.91 Å². The molecule has 7 heteroatoms. The van der Waals surface area contributed by atoms with Crippen molar-refractivity contribution in [2.75, 3.05) is 23.8 Å². The average molecular weight is 244 g/mol. The molecule has 15 heavy (non-hydrogen) atoms. The van der Waals surface area contributed by atoms with Crippen molar-refractivity contribution < 1.29 is 4.79 Å². The Labute approximate surface area is 96.2 Å². The van der Waals surface area contributed by atoms with E-state index in [4.69, 9.17) is 0 Å². The SMILES string of the molecule is O=C(NCC1CSCCS1)c1cn[nH]n1. The summed E-state index contributed by atoms with van der Waals surface area (Å²) in [6.45, 7) is 0.712. The normalized spacial score (nSPS) is 21.2. The van der Waals surface area contributed by atoms with Crippen LogP contribution in [0.2, 0.25) is 0 Å². The van der Waals surface area contributed by atoms with Gasteiger partial charge in [0, 0.05) is 29.1 Å². The highest BCUT2D eigenvalue weighted by Crippen LogP contribution is 2.23. The molecule has 5 nitrogen and oxygen atoms in total. The molecule has 1 aromatic heterocycles. The maximum atomic E-state index is 11.5. The monoisotopic (exact) mass is 244 g/mol. The van der Waals surface area contributed by atoms with E-state index in [9.17, 15) is 4.79 Å². The minimum absolute atomic E-state index is 0.153. The molecule has 1 atom stereocenters. The number of carbonyl (C=O) groups excluding carboxylic acids is 1. The van der Waals surface area contributed by atoms with Gasteiger partial charge >= 0.3 is 0 Å². The molecule has 0 saturated carbocycles. The van der Waals surface area contributed by atoms with Gasteiger partial charge in [-0.25, -0.2) is 0 Å². The van der Waals surface area contributed by atoms with Crippen molar-refractivity contribution in [3.63, 3.8) is 0 Å². The van der Waals surface area contributed by atoms with E-state index < -0.39 is 0 Å². The number of carbonyl (C=O) groups is 1. The van der Waals surface area contributed by atoms with Crippen molar-refractivity contribution in [2.45, 2.75) is 5.25 Å². The second-order valence-corrected chi connectivity index (χ2v) is 5.69. The Morgan fingerprint density at radius 2 is 2.60 bits per heavy atom. The number of nitrogens with one attached hydrogen (secondary N) is 2. The van der Waals surface area contributed by atoms with Crippen LogP contribution in [0, 0.1) is 0 Å². The number of aromatic amines is 1. The quantitative estimate of drug-likeness (QED) is 0.804. The molecule has 1 fully saturated rings. The number of nitrogens with zero attached hydrogens (tertiary/aromatic N) is 2. The third-order valence-electron chi connectivity index (χ3n) is 2.02. The van der Waals surface area contributed by atoms with Crippen LogP contribution in [0.15, 0.2) is 6.20 Å². The fourth-order valence-corrected chi connectivity index (χ4v) is 3.87. The first-order chi connectivity index (χ1) is 7.36. The Morgan fingerprint density at radius 3 is 3.27 bits per heavy atom. The summed E-state index contributed by atoms with van der Waals surface area (Å²) in [5.41, 5.74) is 0.350. The number of hydrogen-bond acceptors (Lipinski definition) is 5. The predicted molar refractivity (Wildman–Crippen MR) is 62.3 cm³/mol. The summed E-state index contributed by atoms with van der Waals surface area (Å²) < 4.78 is 0. The van der Waals surface area contributed by atoms with Gasteiger partial charge < -0.3 is 5.32 Å². The van der Waals surface area contributed by atoms with Crippen LogP contribution in [-0.2, 0) is 0 Å². The van der Waals surface area contributed by atoms with Crippen LogP contribution in [0.1, 0.15) is 10.5 Å². The van der Waals surface area contributed by atoms with Crippen molar-refractivity contribution in [3.8, 4) is 0 Å². The fraction of sp³-hybridized carbons (Fsp3) is 0.625. The minimum atomic E-state index is -0.153. The third-order valence-corrected chi connectivity index (χ3v) is 4.87. The van der Waals surface area contributed by atoms with Crippen LogP contribution in [0.3, 0.4) is 0 Å². The largest absolute Gasteiger partial charge is 0.349 e. The van der Waals surface area contributed by atoms with Gasteiger partial charge in [-0.05, 0) is 0 Å². The van der Waals surface area contributed by atoms with Gasteiger partial charge in [-0.2, -0.15) is 38.9 Å². The zero-order valence-corrected chi connectivity index (χ0v) is 9.74. The molecule has 1 aliphatic heterocycles. The summed E-state index contributed by atoms with van der Waals surface area (Å²) in [6.07, 6.45) is 1.43. The zero-order valence-electron chi connectivity index (χ0n) is 8.10. The highest BCUT2D eigenvalue weighted by Gasteiger charge is 2.16. The van der Waals surface area contributed by atoms with Crippen LogP contribution >= 0.6 is 23.5 Å². The van der Waals surface area contributed by atoms with Gasteiger partial charge in [0.05, 0.1) is 6.20 Å². The molecule has 0 bridgehead atoms. The van der Waals surface area contributed by atoms with Crippen molar-refractivity contribution in [3.05, 3.63) is 11.9 Å². The molecule has 0 aliphatic carbocycles. The number of H-pyrrole nitrogens is 1. The van der Waals surface area contributed by atoms with Crippen LogP contribution < -0.4 is 5.32 Å². The van der Waals surface area contributed by atoms with Crippen molar-refractivity contribution in [1.82, 2.24) is 20.7 Å². The van der Waals surface area contributed by atoms with Gasteiger partial charge in [0.15, 0.2) is 5.69 Å². The molecule has 2 N–H and O–H groups in total. The van der Waals surface area contributed by atoms with Crippen LogP contribution in [0.5, 0.6) is 0 Å². The molecular weight excluding hydrogens is 232 g/mol. The maximum Gasteiger partial charge on any atom is 0.273 e. The Bertz CT molecular complexity index is 310. The molecule has 0 radical (unpaired) electrons. The first-order valence-electron chi connectivity index (χ1n) is 4.69. The van der Waals surface area contributed by atoms with E-state index in [1.54, 1.807) is 0 Å². The van der Waals surface area contributed by atoms with Crippen LogP contribution in [0.25, 0.3) is 0 Å². The molecule has 1 saturated heterocycles. The molecule has 1 amide bonds. The second-order valence-electron chi connectivity index (χ2n) is 3.13. The van der Waals surface area contributed by atoms with Crippen molar-refractivity contribution in [1.29, 1.82) is 0 Å². The van der Waals surface area contributed by atoms with Crippen molar-refractivity contribution >= 4 is 29.4 Å². The van der Waals surface area contributed by atoms with Crippen molar-refractivity contribution in [2.24, 2.45) is 0 Å². The highest BCUT2D eigenvalue weighted by atomic mass is 32.2. The van der Waals surface area contributed by atoms with Gasteiger partial charge in [0.25, 0.3) is 5.91 Å². The summed E-state index contributed by atoms with van der Waals surface area (Å²) in [7, 11) is 0. The molecule has 1 unspecified atom stereocenters. The fourth-order valence-electron chi connectivity index (χ4n) is 1.26. The minimum Gasteiger partial charge on any atom is -0.349 e. The summed E-state index contributed by atoms with van der Waals surface area (Å²) in [5.74, 6) is 3.36. The number of hydrogen-bond donors (Lipinski definition) is 2. The maximum absolute atomic E-state index is 11.5. The van der Waals surface area contributed by atoms with E-state index in [2.05, 4.69) is 20.7 Å². The third kappa shape index (κ3) is 3.13.